The van der Waals surface area contributed by atoms with Gasteiger partial charge in [-0.2, -0.15) is 0 Å². The van der Waals surface area contributed by atoms with Gasteiger partial charge in [0.25, 0.3) is 0 Å². The SMILES string of the molecule is O=C(CCC(=O)N1CCOc2ccccc21)Nc1cccc(-c2nc3ccccc3s2)c1. The van der Waals surface area contributed by atoms with E-state index in [4.69, 9.17) is 4.74 Å². The summed E-state index contributed by atoms with van der Waals surface area (Å²) >= 11 is 1.62. The minimum absolute atomic E-state index is 0.0841. The fourth-order valence-corrected chi connectivity index (χ4v) is 4.70. The van der Waals surface area contributed by atoms with Gasteiger partial charge in [-0.05, 0) is 36.4 Å². The molecule has 1 N–H and O–H groups in total. The van der Waals surface area contributed by atoms with E-state index in [-0.39, 0.29) is 24.7 Å². The molecule has 3 aromatic carbocycles. The number of nitrogens with zero attached hydrogens (tertiary/aromatic N) is 2. The van der Waals surface area contributed by atoms with Gasteiger partial charge < -0.3 is 15.0 Å². The van der Waals surface area contributed by atoms with Gasteiger partial charge in [0.15, 0.2) is 0 Å². The molecule has 1 aliphatic rings. The van der Waals surface area contributed by atoms with E-state index in [0.717, 1.165) is 26.5 Å². The Morgan fingerprint density at radius 3 is 2.75 bits per heavy atom. The molecule has 0 radical (unpaired) electrons. The Balaban J connectivity index is 1.22. The highest BCUT2D eigenvalue weighted by Crippen LogP contribution is 2.32. The average molecular weight is 444 g/mol. The van der Waals surface area contributed by atoms with Gasteiger partial charge in [0.1, 0.15) is 17.4 Å². The maximum absolute atomic E-state index is 12.7. The normalized spacial score (nSPS) is 12.8. The van der Waals surface area contributed by atoms with Crippen LogP contribution in [0.1, 0.15) is 12.8 Å². The molecule has 7 heteroatoms. The summed E-state index contributed by atoms with van der Waals surface area (Å²) in [7, 11) is 0. The second-order valence-electron chi connectivity index (χ2n) is 7.48. The summed E-state index contributed by atoms with van der Waals surface area (Å²) in [5.41, 5.74) is 3.36. The highest BCUT2D eigenvalue weighted by atomic mass is 32.1. The van der Waals surface area contributed by atoms with Crippen molar-refractivity contribution < 1.29 is 14.3 Å². The third kappa shape index (κ3) is 4.20. The summed E-state index contributed by atoms with van der Waals surface area (Å²) in [4.78, 5) is 31.6. The summed E-state index contributed by atoms with van der Waals surface area (Å²) in [5.74, 6) is 0.420. The number of hydrogen-bond acceptors (Lipinski definition) is 5. The summed E-state index contributed by atoms with van der Waals surface area (Å²) in [6, 6.07) is 23.1. The lowest BCUT2D eigenvalue weighted by Crippen LogP contribution is -2.38. The van der Waals surface area contributed by atoms with E-state index in [9.17, 15) is 9.59 Å². The van der Waals surface area contributed by atoms with Crippen LogP contribution >= 0.6 is 11.3 Å². The van der Waals surface area contributed by atoms with Crippen LogP contribution < -0.4 is 15.0 Å². The van der Waals surface area contributed by atoms with Gasteiger partial charge in [0, 0.05) is 24.1 Å². The van der Waals surface area contributed by atoms with Crippen molar-refractivity contribution in [3.63, 3.8) is 0 Å². The number of anilines is 2. The van der Waals surface area contributed by atoms with Gasteiger partial charge in [-0.25, -0.2) is 4.98 Å². The predicted octanol–water partition coefficient (Wildman–Crippen LogP) is 5.11. The molecule has 4 aromatic rings. The summed E-state index contributed by atoms with van der Waals surface area (Å²) in [6.07, 6.45) is 0.251. The zero-order valence-corrected chi connectivity index (χ0v) is 18.1. The molecule has 1 aliphatic heterocycles. The zero-order chi connectivity index (χ0) is 21.9. The van der Waals surface area contributed by atoms with Crippen molar-refractivity contribution in [2.75, 3.05) is 23.4 Å². The molecular formula is C25H21N3O3S. The Hall–Kier alpha value is -3.71. The highest BCUT2D eigenvalue weighted by molar-refractivity contribution is 7.21. The van der Waals surface area contributed by atoms with Crippen LogP contribution in [-0.2, 0) is 9.59 Å². The molecule has 0 bridgehead atoms. The molecule has 0 saturated carbocycles. The van der Waals surface area contributed by atoms with Crippen molar-refractivity contribution in [3.8, 4) is 16.3 Å². The molecule has 0 aliphatic carbocycles. The van der Waals surface area contributed by atoms with Crippen molar-refractivity contribution in [1.29, 1.82) is 0 Å². The maximum Gasteiger partial charge on any atom is 0.227 e. The number of hydrogen-bond donors (Lipinski definition) is 1. The van der Waals surface area contributed by atoms with E-state index < -0.39 is 0 Å². The van der Waals surface area contributed by atoms with Crippen LogP contribution in [0.4, 0.5) is 11.4 Å². The van der Waals surface area contributed by atoms with Crippen molar-refractivity contribution in [1.82, 2.24) is 4.98 Å². The second kappa shape index (κ2) is 8.80. The average Bonchev–Trinajstić information content (AvgIpc) is 3.27. The van der Waals surface area contributed by atoms with Gasteiger partial charge in [0.05, 0.1) is 22.4 Å². The number of thiazole rings is 1. The lowest BCUT2D eigenvalue weighted by molar-refractivity contribution is -0.122. The van der Waals surface area contributed by atoms with E-state index in [1.54, 1.807) is 16.2 Å². The molecule has 32 heavy (non-hydrogen) atoms. The van der Waals surface area contributed by atoms with E-state index >= 15 is 0 Å². The number of para-hydroxylation sites is 3. The van der Waals surface area contributed by atoms with Gasteiger partial charge >= 0.3 is 0 Å². The first-order valence-corrected chi connectivity index (χ1v) is 11.3. The van der Waals surface area contributed by atoms with E-state index in [1.165, 1.54) is 0 Å². The monoisotopic (exact) mass is 443 g/mol. The number of nitrogens with one attached hydrogen (secondary N) is 1. The molecule has 0 fully saturated rings. The second-order valence-corrected chi connectivity index (χ2v) is 8.51. The van der Waals surface area contributed by atoms with Crippen molar-refractivity contribution >= 4 is 44.7 Å². The molecular weight excluding hydrogens is 422 g/mol. The summed E-state index contributed by atoms with van der Waals surface area (Å²) in [5, 5.41) is 3.81. The van der Waals surface area contributed by atoms with E-state index in [0.29, 0.717) is 24.6 Å². The number of rotatable bonds is 5. The lowest BCUT2D eigenvalue weighted by atomic mass is 10.2. The molecule has 1 aromatic heterocycles. The van der Waals surface area contributed by atoms with Gasteiger partial charge in [-0.3, -0.25) is 9.59 Å². The van der Waals surface area contributed by atoms with Crippen LogP contribution in [0.3, 0.4) is 0 Å². The fourth-order valence-electron chi connectivity index (χ4n) is 3.73. The van der Waals surface area contributed by atoms with E-state index in [2.05, 4.69) is 10.3 Å². The molecule has 0 saturated heterocycles. The largest absolute Gasteiger partial charge is 0.490 e. The molecule has 6 nitrogen and oxygen atoms in total. The van der Waals surface area contributed by atoms with Crippen molar-refractivity contribution in [2.24, 2.45) is 0 Å². The Labute approximate surface area is 189 Å². The fraction of sp³-hybridized carbons (Fsp3) is 0.160. The quantitative estimate of drug-likeness (QED) is 0.465. The number of amides is 2. The van der Waals surface area contributed by atoms with Crippen LogP contribution in [0.5, 0.6) is 5.75 Å². The van der Waals surface area contributed by atoms with E-state index in [1.807, 2.05) is 72.8 Å². The van der Waals surface area contributed by atoms with Gasteiger partial charge in [0.2, 0.25) is 11.8 Å². The molecule has 0 spiro atoms. The summed E-state index contributed by atoms with van der Waals surface area (Å²) < 4.78 is 6.72. The number of ether oxygens (including phenoxy) is 1. The molecule has 2 heterocycles. The smallest absolute Gasteiger partial charge is 0.227 e. The van der Waals surface area contributed by atoms with Crippen LogP contribution in [0.25, 0.3) is 20.8 Å². The zero-order valence-electron chi connectivity index (χ0n) is 17.3. The first-order chi connectivity index (χ1) is 15.7. The minimum atomic E-state index is -0.193. The third-order valence-corrected chi connectivity index (χ3v) is 6.37. The van der Waals surface area contributed by atoms with Crippen LogP contribution in [0.15, 0.2) is 72.8 Å². The Morgan fingerprint density at radius 1 is 1.00 bits per heavy atom. The summed E-state index contributed by atoms with van der Waals surface area (Å²) in [6.45, 7) is 0.940. The molecule has 5 rings (SSSR count). The first kappa shape index (κ1) is 20.2. The Morgan fingerprint density at radius 2 is 1.84 bits per heavy atom. The Kier molecular flexibility index (Phi) is 5.56. The van der Waals surface area contributed by atoms with Crippen LogP contribution in [0.2, 0.25) is 0 Å². The molecule has 0 unspecified atom stereocenters. The first-order valence-electron chi connectivity index (χ1n) is 10.5. The predicted molar refractivity (Wildman–Crippen MR) is 127 cm³/mol. The molecule has 2 amide bonds. The molecule has 160 valence electrons. The van der Waals surface area contributed by atoms with Crippen LogP contribution in [-0.4, -0.2) is 29.9 Å². The topological polar surface area (TPSA) is 71.5 Å². The maximum atomic E-state index is 12.7. The number of fused-ring (bicyclic) bond motifs is 2. The highest BCUT2D eigenvalue weighted by Gasteiger charge is 2.23. The standard InChI is InChI=1S/C25H21N3O3S/c29-23(12-13-24(30)28-14-15-31-21-10-3-2-9-20(21)28)26-18-7-5-6-17(16-18)25-27-19-8-1-4-11-22(19)32-25/h1-11,16H,12-15H2,(H,26,29). The lowest BCUT2D eigenvalue weighted by Gasteiger charge is -2.29. The van der Waals surface area contributed by atoms with Crippen molar-refractivity contribution in [3.05, 3.63) is 72.8 Å². The minimum Gasteiger partial charge on any atom is -0.490 e. The Bertz CT molecular complexity index is 1270. The number of aromatic nitrogens is 1. The van der Waals surface area contributed by atoms with Crippen molar-refractivity contribution in [2.45, 2.75) is 12.8 Å². The van der Waals surface area contributed by atoms with Gasteiger partial charge in [-0.1, -0.05) is 36.4 Å². The number of carbonyl (C=O) groups is 2. The number of benzene rings is 3. The van der Waals surface area contributed by atoms with Crippen LogP contribution in [0, 0.1) is 0 Å². The molecule has 0 atom stereocenters. The van der Waals surface area contributed by atoms with Gasteiger partial charge in [-0.15, -0.1) is 11.3 Å². The number of carbonyl (C=O) groups excluding carboxylic acids is 2. The third-order valence-electron chi connectivity index (χ3n) is 5.28.